The van der Waals surface area contributed by atoms with Crippen LogP contribution in [-0.4, -0.2) is 115 Å². The molecule has 0 bridgehead atoms. The van der Waals surface area contributed by atoms with Crippen LogP contribution in [0.4, 0.5) is 11.4 Å². The zero-order valence-corrected chi connectivity index (χ0v) is 45.6. The number of likely N-dealkylation sites (N-methyl/N-ethyl adjacent to an activating group) is 1. The van der Waals surface area contributed by atoms with Crippen LogP contribution in [0.15, 0.2) is 121 Å². The molecule has 8 rings (SSSR count). The van der Waals surface area contributed by atoms with Crippen molar-refractivity contribution in [2.45, 2.75) is 25.0 Å². The van der Waals surface area contributed by atoms with Crippen molar-refractivity contribution in [1.29, 1.82) is 0 Å². The van der Waals surface area contributed by atoms with Crippen LogP contribution >= 0.6 is 31.9 Å². The summed E-state index contributed by atoms with van der Waals surface area (Å²) >= 11 is 6.85. The Morgan fingerprint density at radius 2 is 1.03 bits per heavy atom. The second-order valence-electron chi connectivity index (χ2n) is 15.8. The molecular formula is C50H55Br2N3O15S2. The zero-order valence-electron chi connectivity index (χ0n) is 40.8. The van der Waals surface area contributed by atoms with Crippen molar-refractivity contribution in [3.05, 3.63) is 129 Å². The van der Waals surface area contributed by atoms with Crippen molar-refractivity contribution in [2.24, 2.45) is 0 Å². The summed E-state index contributed by atoms with van der Waals surface area (Å²) < 4.78 is 95.5. The number of ether oxygens (including phenoxy) is 6. The Morgan fingerprint density at radius 1 is 0.597 bits per heavy atom. The van der Waals surface area contributed by atoms with Crippen molar-refractivity contribution < 1.29 is 68.5 Å². The lowest BCUT2D eigenvalue weighted by Crippen LogP contribution is -2.31. The second-order valence-corrected chi connectivity index (χ2v) is 21.4. The van der Waals surface area contributed by atoms with Crippen molar-refractivity contribution in [2.75, 3.05) is 90.0 Å². The molecule has 2 unspecified atom stereocenters. The number of Topliss-reactive ketones (excluding diaryl/α,β-unsaturated/α-hetero) is 1. The SMILES string of the molecule is COC(C(=O)N(C)OC)c1ccc(N2CCCS2(=O)=O)cc1.COc1cc(-c2ccc(C(=O)C(OC)c3ccc(N4CCCS4(=O)=O)cc3)o2)cc(OC)c1Br.COc1cc(-c2ccco2)cc(OC)c1Br. The first-order chi connectivity index (χ1) is 34.4. The largest absolute Gasteiger partial charge is 0.495 e. The van der Waals surface area contributed by atoms with Crippen molar-refractivity contribution in [1.82, 2.24) is 5.06 Å². The van der Waals surface area contributed by atoms with Crippen LogP contribution in [0.3, 0.4) is 0 Å². The number of hydrogen-bond acceptors (Lipinski definition) is 15. The Morgan fingerprint density at radius 3 is 1.39 bits per heavy atom. The van der Waals surface area contributed by atoms with Gasteiger partial charge in [0.1, 0.15) is 49.6 Å². The topological polar surface area (TPSA) is 203 Å². The number of carbonyl (C=O) groups is 2. The molecule has 2 aliphatic heterocycles. The van der Waals surface area contributed by atoms with Gasteiger partial charge in [0.05, 0.1) is 64.7 Å². The molecule has 2 saturated heterocycles. The average Bonchev–Trinajstić information content (AvgIpc) is 4.23. The molecule has 0 spiro atoms. The van der Waals surface area contributed by atoms with E-state index in [0.29, 0.717) is 87.2 Å². The molecule has 4 heterocycles. The number of carbonyl (C=O) groups excluding carboxylic acids is 2. The second kappa shape index (κ2) is 24.7. The number of nitrogens with zero attached hydrogens (tertiary/aromatic N) is 3. The van der Waals surface area contributed by atoms with Crippen molar-refractivity contribution in [3.63, 3.8) is 0 Å². The summed E-state index contributed by atoms with van der Waals surface area (Å²) in [6.07, 6.45) is 1.16. The molecule has 72 heavy (non-hydrogen) atoms. The quantitative estimate of drug-likeness (QED) is 0.0654. The van der Waals surface area contributed by atoms with E-state index in [4.69, 9.17) is 42.1 Å². The van der Waals surface area contributed by atoms with Crippen molar-refractivity contribution in [3.8, 4) is 45.6 Å². The van der Waals surface area contributed by atoms with Crippen LogP contribution in [0.1, 0.15) is 46.7 Å². The van der Waals surface area contributed by atoms with E-state index in [0.717, 1.165) is 20.9 Å². The number of methoxy groups -OCH3 is 6. The van der Waals surface area contributed by atoms with Gasteiger partial charge in [0.25, 0.3) is 5.91 Å². The molecule has 2 atom stereocenters. The predicted molar refractivity (Wildman–Crippen MR) is 278 cm³/mol. The van der Waals surface area contributed by atoms with Gasteiger partial charge in [-0.3, -0.25) is 23.0 Å². The summed E-state index contributed by atoms with van der Waals surface area (Å²) in [6, 6.07) is 27.9. The standard InChI is InChI=1S/C24H24BrNO7S.C14H20N2O5S.C12H11BrO3/c1-30-20-13-16(14-21(31-2)22(20)25)18-9-10-19(33-18)23(27)24(32-3)15-5-7-17(8-6-15)26-11-4-12-34(26,28)29;1-15(21-3)14(17)13(20-2)11-5-7-12(8-6-11)16-9-4-10-22(16,18)19;1-14-10-6-8(9-4-3-5-16-9)7-11(15-2)12(10)13/h5-10,13-14,24H,4,11-12H2,1-3H3;5-8,13H,4,9-10H2,1-3H3;3-7H,1-2H3. The fourth-order valence-corrected chi connectivity index (χ4v) is 12.0. The maximum atomic E-state index is 13.2. The number of ketones is 1. The van der Waals surface area contributed by atoms with Crippen LogP contribution in [0, 0.1) is 0 Å². The third-order valence-electron chi connectivity index (χ3n) is 11.5. The van der Waals surface area contributed by atoms with Gasteiger partial charge in [-0.2, -0.15) is 0 Å². The average molecular weight is 1160 g/mol. The fourth-order valence-electron chi connectivity index (χ4n) is 7.74. The molecule has 1 amide bonds. The maximum Gasteiger partial charge on any atom is 0.279 e. The minimum Gasteiger partial charge on any atom is -0.495 e. The number of halogens is 2. The lowest BCUT2D eigenvalue weighted by molar-refractivity contribution is -0.179. The molecule has 2 aromatic heterocycles. The minimum absolute atomic E-state index is 0.133. The lowest BCUT2D eigenvalue weighted by atomic mass is 10.0. The molecule has 18 nitrogen and oxygen atoms in total. The predicted octanol–water partition coefficient (Wildman–Crippen LogP) is 9.50. The van der Waals surface area contributed by atoms with E-state index in [1.165, 1.54) is 37.0 Å². The Labute approximate surface area is 435 Å². The number of hydroxylamine groups is 2. The van der Waals surface area contributed by atoms with Gasteiger partial charge in [-0.1, -0.05) is 24.3 Å². The Hall–Kier alpha value is -5.88. The fraction of sp³-hybridized carbons (Fsp3) is 0.320. The molecule has 0 radical (unpaired) electrons. The van der Waals surface area contributed by atoms with Gasteiger partial charge < -0.3 is 37.3 Å². The van der Waals surface area contributed by atoms with Gasteiger partial charge in [0, 0.05) is 45.5 Å². The van der Waals surface area contributed by atoms with Crippen LogP contribution in [0.5, 0.6) is 23.0 Å². The molecule has 2 fully saturated rings. The molecular weight excluding hydrogens is 1110 g/mol. The summed E-state index contributed by atoms with van der Waals surface area (Å²) in [5.41, 5.74) is 4.00. The molecule has 22 heteroatoms. The minimum atomic E-state index is -3.28. The van der Waals surface area contributed by atoms with Crippen LogP contribution in [-0.2, 0) is 39.2 Å². The Kier molecular flexibility index (Phi) is 19.0. The van der Waals surface area contributed by atoms with Gasteiger partial charge in [-0.05, 0) is 129 Å². The van der Waals surface area contributed by atoms with E-state index in [9.17, 15) is 26.4 Å². The smallest absolute Gasteiger partial charge is 0.279 e. The van der Waals surface area contributed by atoms with E-state index in [1.54, 1.807) is 107 Å². The first kappa shape index (κ1) is 55.4. The first-order valence-corrected chi connectivity index (χ1v) is 26.8. The summed E-state index contributed by atoms with van der Waals surface area (Å²) in [5, 5.41) is 1.09. The van der Waals surface area contributed by atoms with Crippen LogP contribution in [0.25, 0.3) is 22.6 Å². The van der Waals surface area contributed by atoms with Gasteiger partial charge in [-0.15, -0.1) is 0 Å². The number of hydrogen-bond donors (Lipinski definition) is 0. The molecule has 4 aromatic carbocycles. The van der Waals surface area contributed by atoms with Gasteiger partial charge in [-0.25, -0.2) is 21.9 Å². The lowest BCUT2D eigenvalue weighted by Gasteiger charge is -2.22. The van der Waals surface area contributed by atoms with E-state index < -0.39 is 32.3 Å². The highest BCUT2D eigenvalue weighted by Gasteiger charge is 2.31. The van der Waals surface area contributed by atoms with E-state index in [2.05, 4.69) is 31.9 Å². The summed E-state index contributed by atoms with van der Waals surface area (Å²) in [6.45, 7) is 0.940. The number of amides is 1. The molecule has 6 aromatic rings. The Balaban J connectivity index is 0.000000191. The number of furan rings is 2. The molecule has 386 valence electrons. The third-order valence-corrected chi connectivity index (χ3v) is 16.8. The van der Waals surface area contributed by atoms with Gasteiger partial charge in [0.15, 0.2) is 11.9 Å². The molecule has 2 aliphatic rings. The summed E-state index contributed by atoms with van der Waals surface area (Å²) in [7, 11) is 5.62. The van der Waals surface area contributed by atoms with E-state index in [1.807, 2.05) is 24.3 Å². The van der Waals surface area contributed by atoms with Gasteiger partial charge >= 0.3 is 0 Å². The van der Waals surface area contributed by atoms with E-state index in [-0.39, 0.29) is 29.0 Å². The highest BCUT2D eigenvalue weighted by Crippen LogP contribution is 2.41. The van der Waals surface area contributed by atoms with Crippen molar-refractivity contribution >= 4 is 75.0 Å². The van der Waals surface area contributed by atoms with Crippen LogP contribution in [0.2, 0.25) is 0 Å². The Bertz CT molecular complexity index is 2970. The molecule has 0 saturated carbocycles. The summed E-state index contributed by atoms with van der Waals surface area (Å²) in [5.74, 6) is 3.56. The normalized spacial score (nSPS) is 15.3. The maximum absolute atomic E-state index is 13.2. The highest BCUT2D eigenvalue weighted by atomic mass is 79.9. The monoisotopic (exact) mass is 1160 g/mol. The van der Waals surface area contributed by atoms with Crippen LogP contribution < -0.4 is 27.6 Å². The summed E-state index contributed by atoms with van der Waals surface area (Å²) in [4.78, 5) is 30.2. The number of rotatable bonds is 16. The zero-order chi connectivity index (χ0) is 52.3. The molecule has 0 N–H and O–H groups in total. The van der Waals surface area contributed by atoms with E-state index >= 15 is 0 Å². The number of anilines is 2. The molecule has 0 aliphatic carbocycles. The first-order valence-electron chi connectivity index (χ1n) is 22.0. The number of benzene rings is 4. The third kappa shape index (κ3) is 12.6. The van der Waals surface area contributed by atoms with Gasteiger partial charge in [0.2, 0.25) is 25.8 Å². The highest BCUT2D eigenvalue weighted by molar-refractivity contribution is 9.11. The number of sulfonamides is 2.